The van der Waals surface area contributed by atoms with Crippen molar-refractivity contribution in [2.45, 2.75) is 18.4 Å². The lowest BCUT2D eigenvalue weighted by molar-refractivity contribution is -0.111. The Morgan fingerprint density at radius 3 is 2.55 bits per heavy atom. The molecule has 0 aliphatic carbocycles. The van der Waals surface area contributed by atoms with E-state index in [0.717, 1.165) is 9.65 Å². The molecular formula is C27H23ClN8O3S. The second kappa shape index (κ2) is 11.1. The minimum Gasteiger partial charge on any atom is -0.323 e. The number of carbonyl (C=O) groups is 1. The van der Waals surface area contributed by atoms with Crippen molar-refractivity contribution in [1.29, 1.82) is 0 Å². The summed E-state index contributed by atoms with van der Waals surface area (Å²) in [5.41, 5.74) is 3.26. The Bertz CT molecular complexity index is 1800. The van der Waals surface area contributed by atoms with Gasteiger partial charge in [-0.15, -0.1) is 0 Å². The van der Waals surface area contributed by atoms with Gasteiger partial charge in [-0.1, -0.05) is 48.5 Å². The molecule has 13 heteroatoms. The monoisotopic (exact) mass is 574 g/mol. The van der Waals surface area contributed by atoms with Crippen LogP contribution in [0.15, 0.2) is 96.8 Å². The summed E-state index contributed by atoms with van der Waals surface area (Å²) in [5.74, 6) is -0.0387. The molecule has 2 aromatic carbocycles. The first-order chi connectivity index (χ1) is 19.2. The SMILES string of the molecule is C=CC(=O)Nc1ccc(Cn2cc(Nc3ncc(Cl)c(-c4cc(C)n(S(=O)(=O)c5ccccc5)n4)n3)cn2)cc1. The van der Waals surface area contributed by atoms with Crippen LogP contribution in [0.1, 0.15) is 11.3 Å². The first-order valence-corrected chi connectivity index (χ1v) is 13.8. The highest BCUT2D eigenvalue weighted by Gasteiger charge is 2.22. The van der Waals surface area contributed by atoms with E-state index in [0.29, 0.717) is 23.6 Å². The number of anilines is 3. The van der Waals surface area contributed by atoms with Crippen LogP contribution < -0.4 is 10.6 Å². The average molecular weight is 575 g/mol. The summed E-state index contributed by atoms with van der Waals surface area (Å²) >= 11 is 6.37. The molecule has 1 amide bonds. The molecule has 0 aliphatic rings. The van der Waals surface area contributed by atoms with Crippen molar-refractivity contribution in [3.05, 3.63) is 108 Å². The van der Waals surface area contributed by atoms with Crippen LogP contribution >= 0.6 is 11.6 Å². The maximum atomic E-state index is 13.1. The van der Waals surface area contributed by atoms with Gasteiger partial charge in [-0.25, -0.2) is 9.97 Å². The van der Waals surface area contributed by atoms with Crippen LogP contribution in [0.4, 0.5) is 17.3 Å². The largest absolute Gasteiger partial charge is 0.323 e. The quantitative estimate of drug-likeness (QED) is 0.243. The molecule has 0 saturated heterocycles. The zero-order valence-corrected chi connectivity index (χ0v) is 22.8. The molecule has 5 rings (SSSR count). The second-order valence-corrected chi connectivity index (χ2v) is 10.8. The fraction of sp³-hybridized carbons (Fsp3) is 0.0741. The minimum atomic E-state index is -3.89. The Morgan fingerprint density at radius 2 is 1.82 bits per heavy atom. The molecule has 3 heterocycles. The third kappa shape index (κ3) is 5.77. The predicted octanol–water partition coefficient (Wildman–Crippen LogP) is 4.65. The van der Waals surface area contributed by atoms with Gasteiger partial charge in [0.1, 0.15) is 11.4 Å². The third-order valence-electron chi connectivity index (χ3n) is 5.74. The number of nitrogens with one attached hydrogen (secondary N) is 2. The van der Waals surface area contributed by atoms with E-state index in [9.17, 15) is 13.2 Å². The number of hydrogen-bond acceptors (Lipinski definition) is 8. The lowest BCUT2D eigenvalue weighted by Gasteiger charge is -2.07. The fourth-order valence-corrected chi connectivity index (χ4v) is 5.35. The maximum Gasteiger partial charge on any atom is 0.283 e. The van der Waals surface area contributed by atoms with E-state index < -0.39 is 10.0 Å². The van der Waals surface area contributed by atoms with Gasteiger partial charge in [0.15, 0.2) is 0 Å². The maximum absolute atomic E-state index is 13.1. The van der Waals surface area contributed by atoms with Crippen molar-refractivity contribution in [2.24, 2.45) is 0 Å². The molecule has 0 aliphatic heterocycles. The lowest BCUT2D eigenvalue weighted by Crippen LogP contribution is -2.16. The molecule has 0 atom stereocenters. The van der Waals surface area contributed by atoms with Crippen LogP contribution in [0, 0.1) is 6.92 Å². The van der Waals surface area contributed by atoms with Gasteiger partial charge in [-0.2, -0.15) is 22.7 Å². The first kappa shape index (κ1) is 26.8. The van der Waals surface area contributed by atoms with Crippen molar-refractivity contribution in [1.82, 2.24) is 28.9 Å². The van der Waals surface area contributed by atoms with Gasteiger partial charge in [0, 0.05) is 11.9 Å². The van der Waals surface area contributed by atoms with Crippen LogP contribution in [0.2, 0.25) is 5.02 Å². The Morgan fingerprint density at radius 1 is 1.07 bits per heavy atom. The van der Waals surface area contributed by atoms with E-state index in [1.54, 1.807) is 60.4 Å². The molecule has 5 aromatic rings. The van der Waals surface area contributed by atoms with Crippen LogP contribution in [-0.4, -0.2) is 43.3 Å². The van der Waals surface area contributed by atoms with Gasteiger partial charge in [-0.3, -0.25) is 9.48 Å². The highest BCUT2D eigenvalue weighted by Crippen LogP contribution is 2.28. The summed E-state index contributed by atoms with van der Waals surface area (Å²) in [6.45, 7) is 5.58. The number of rotatable bonds is 9. The zero-order valence-electron chi connectivity index (χ0n) is 21.2. The minimum absolute atomic E-state index is 0.122. The van der Waals surface area contributed by atoms with Gasteiger partial charge >= 0.3 is 0 Å². The number of carbonyl (C=O) groups excluding carboxylic acids is 1. The van der Waals surface area contributed by atoms with Crippen molar-refractivity contribution < 1.29 is 13.2 Å². The number of nitrogens with zero attached hydrogens (tertiary/aromatic N) is 6. The van der Waals surface area contributed by atoms with Crippen molar-refractivity contribution in [3.8, 4) is 11.4 Å². The van der Waals surface area contributed by atoms with Crippen molar-refractivity contribution in [3.63, 3.8) is 0 Å². The van der Waals surface area contributed by atoms with E-state index in [4.69, 9.17) is 11.6 Å². The average Bonchev–Trinajstić information content (AvgIpc) is 3.57. The Labute approximate surface area is 235 Å². The first-order valence-electron chi connectivity index (χ1n) is 11.9. The molecule has 0 fully saturated rings. The smallest absolute Gasteiger partial charge is 0.283 e. The van der Waals surface area contributed by atoms with Crippen LogP contribution in [-0.2, 0) is 21.4 Å². The summed E-state index contributed by atoms with van der Waals surface area (Å²) in [6, 6.07) is 17.0. The van der Waals surface area contributed by atoms with E-state index in [2.05, 4.69) is 37.4 Å². The number of hydrogen-bond donors (Lipinski definition) is 2. The van der Waals surface area contributed by atoms with Crippen LogP contribution in [0.25, 0.3) is 11.4 Å². The summed E-state index contributed by atoms with van der Waals surface area (Å²) in [5, 5.41) is 14.7. The van der Waals surface area contributed by atoms with E-state index in [-0.39, 0.29) is 33.2 Å². The Balaban J connectivity index is 1.32. The van der Waals surface area contributed by atoms with Crippen molar-refractivity contribution in [2.75, 3.05) is 10.6 Å². The number of halogens is 1. The number of aromatic nitrogens is 6. The lowest BCUT2D eigenvalue weighted by atomic mass is 10.2. The fourth-order valence-electron chi connectivity index (χ4n) is 3.83. The Kier molecular flexibility index (Phi) is 7.45. The third-order valence-corrected chi connectivity index (χ3v) is 7.71. The Hall–Kier alpha value is -4.81. The number of amides is 1. The normalized spacial score (nSPS) is 11.2. The van der Waals surface area contributed by atoms with Crippen LogP contribution in [0.3, 0.4) is 0 Å². The highest BCUT2D eigenvalue weighted by molar-refractivity contribution is 7.89. The highest BCUT2D eigenvalue weighted by atomic mass is 35.5. The molecule has 0 radical (unpaired) electrons. The van der Waals surface area contributed by atoms with Crippen LogP contribution in [0.5, 0.6) is 0 Å². The standard InChI is InChI=1S/C27H23ClN8O3S/c1-3-25(37)31-20-11-9-19(10-12-20)16-35-17-21(14-30-35)32-27-29-15-23(28)26(33-27)24-13-18(2)36(34-24)40(38,39)22-7-5-4-6-8-22/h3-15,17H,1,16H2,2H3,(H,31,37)(H,29,32,33). The molecule has 2 N–H and O–H groups in total. The van der Waals surface area contributed by atoms with Gasteiger partial charge in [0.2, 0.25) is 11.9 Å². The molecule has 3 aromatic heterocycles. The predicted molar refractivity (Wildman–Crippen MR) is 152 cm³/mol. The van der Waals surface area contributed by atoms with E-state index in [1.165, 1.54) is 24.4 Å². The molecule has 0 saturated carbocycles. The molecule has 0 spiro atoms. The topological polar surface area (TPSA) is 137 Å². The summed E-state index contributed by atoms with van der Waals surface area (Å²) < 4.78 is 28.9. The summed E-state index contributed by atoms with van der Waals surface area (Å²) in [6.07, 6.45) is 6.05. The molecule has 11 nitrogen and oxygen atoms in total. The van der Waals surface area contributed by atoms with Gasteiger partial charge in [-0.05, 0) is 48.9 Å². The molecular weight excluding hydrogens is 552 g/mol. The molecule has 40 heavy (non-hydrogen) atoms. The summed E-state index contributed by atoms with van der Waals surface area (Å²) in [7, 11) is -3.89. The summed E-state index contributed by atoms with van der Waals surface area (Å²) in [4.78, 5) is 20.3. The second-order valence-electron chi connectivity index (χ2n) is 8.66. The van der Waals surface area contributed by atoms with Gasteiger partial charge in [0.25, 0.3) is 10.0 Å². The molecule has 0 unspecified atom stereocenters. The zero-order chi connectivity index (χ0) is 28.3. The molecule has 0 bridgehead atoms. The van der Waals surface area contributed by atoms with Gasteiger partial charge < -0.3 is 10.6 Å². The van der Waals surface area contributed by atoms with E-state index >= 15 is 0 Å². The molecule has 202 valence electrons. The van der Waals surface area contributed by atoms with E-state index in [1.807, 2.05) is 12.1 Å². The number of aryl methyl sites for hydroxylation is 1. The van der Waals surface area contributed by atoms with Gasteiger partial charge in [0.05, 0.1) is 40.2 Å². The van der Waals surface area contributed by atoms with Crippen molar-refractivity contribution >= 4 is 44.9 Å². The number of benzene rings is 2.